The zero-order valence-corrected chi connectivity index (χ0v) is 16.5. The van der Waals surface area contributed by atoms with E-state index in [2.05, 4.69) is 21.4 Å². The van der Waals surface area contributed by atoms with E-state index in [0.717, 1.165) is 12.8 Å². The van der Waals surface area contributed by atoms with E-state index < -0.39 is 5.54 Å². The Morgan fingerprint density at radius 2 is 2.04 bits per heavy atom. The zero-order chi connectivity index (χ0) is 18.4. The molecule has 1 N–H and O–H groups in total. The number of thioether (sulfide) groups is 1. The molecule has 0 aliphatic heterocycles. The van der Waals surface area contributed by atoms with Crippen molar-refractivity contribution in [2.45, 2.75) is 68.8 Å². The van der Waals surface area contributed by atoms with E-state index >= 15 is 0 Å². The summed E-state index contributed by atoms with van der Waals surface area (Å²) >= 11 is 2.67. The molecular weight excluding hydrogens is 356 g/mol. The van der Waals surface area contributed by atoms with Gasteiger partial charge >= 0.3 is 0 Å². The highest BCUT2D eigenvalue weighted by Gasteiger charge is 2.35. The maximum atomic E-state index is 12.2. The highest BCUT2D eigenvalue weighted by atomic mass is 32.2. The molecule has 0 spiro atoms. The van der Waals surface area contributed by atoms with Crippen molar-refractivity contribution in [3.63, 3.8) is 0 Å². The molecule has 25 heavy (non-hydrogen) atoms. The normalized spacial score (nSPS) is 14.0. The lowest BCUT2D eigenvalue weighted by atomic mass is 9.94. The van der Waals surface area contributed by atoms with Crippen molar-refractivity contribution >= 4 is 40.0 Å². The Morgan fingerprint density at radius 1 is 1.36 bits per heavy atom. The van der Waals surface area contributed by atoms with Gasteiger partial charge in [0, 0.05) is 12.5 Å². The van der Waals surface area contributed by atoms with Gasteiger partial charge in [-0.2, -0.15) is 0 Å². The van der Waals surface area contributed by atoms with Crippen LogP contribution < -0.4 is 10.2 Å². The molecular formula is C17H24N4O2S2. The fourth-order valence-electron chi connectivity index (χ4n) is 2.43. The summed E-state index contributed by atoms with van der Waals surface area (Å²) in [5, 5.41) is 11.8. The van der Waals surface area contributed by atoms with Crippen LogP contribution in [0, 0.1) is 12.3 Å². The van der Waals surface area contributed by atoms with Crippen LogP contribution in [-0.4, -0.2) is 39.3 Å². The van der Waals surface area contributed by atoms with Crippen molar-refractivity contribution in [2.24, 2.45) is 0 Å². The van der Waals surface area contributed by atoms with Crippen LogP contribution in [0.25, 0.3) is 0 Å². The molecule has 1 aliphatic carbocycles. The van der Waals surface area contributed by atoms with Crippen LogP contribution in [0.2, 0.25) is 0 Å². The van der Waals surface area contributed by atoms with Crippen molar-refractivity contribution in [1.82, 2.24) is 15.5 Å². The topological polar surface area (TPSA) is 75.2 Å². The average molecular weight is 381 g/mol. The third kappa shape index (κ3) is 4.95. The Balaban J connectivity index is 1.94. The van der Waals surface area contributed by atoms with Crippen LogP contribution in [-0.2, 0) is 9.59 Å². The molecule has 0 unspecified atom stereocenters. The number of amides is 2. The number of terminal acetylenes is 1. The summed E-state index contributed by atoms with van der Waals surface area (Å²) in [5.41, 5.74) is -0.583. The number of hydrogen-bond acceptors (Lipinski definition) is 6. The minimum Gasteiger partial charge on any atom is -0.339 e. The smallest absolute Gasteiger partial charge is 0.231 e. The summed E-state index contributed by atoms with van der Waals surface area (Å²) in [6.45, 7) is 5.77. The Labute approximate surface area is 157 Å². The average Bonchev–Trinajstić information content (AvgIpc) is 3.35. The minimum atomic E-state index is -0.583. The molecule has 1 fully saturated rings. The number of hydrogen-bond donors (Lipinski definition) is 1. The number of anilines is 1. The fraction of sp³-hybridized carbons (Fsp3) is 0.647. The lowest BCUT2D eigenvalue weighted by molar-refractivity contribution is -0.120. The van der Waals surface area contributed by atoms with Gasteiger partial charge in [0.2, 0.25) is 16.9 Å². The minimum absolute atomic E-state index is 0.0673. The maximum absolute atomic E-state index is 12.2. The fourth-order valence-corrected chi connectivity index (χ4v) is 4.16. The van der Waals surface area contributed by atoms with E-state index in [4.69, 9.17) is 6.42 Å². The molecule has 2 amide bonds. The van der Waals surface area contributed by atoms with Crippen molar-refractivity contribution in [3.05, 3.63) is 0 Å². The molecule has 0 radical (unpaired) electrons. The third-order valence-electron chi connectivity index (χ3n) is 4.27. The van der Waals surface area contributed by atoms with Gasteiger partial charge in [-0.3, -0.25) is 14.5 Å². The number of nitrogens with one attached hydrogen (secondary N) is 1. The van der Waals surface area contributed by atoms with Crippen molar-refractivity contribution < 1.29 is 9.59 Å². The standard InChI is InChI=1S/C17H24N4O2S2/c1-5-14(23)21(12-9-10-12)15-19-20-16(25-15)24-11-13(22)18-17(6-2,7-3)8-4/h2,12H,5,7-11H2,1,3-4H3,(H,18,22). The van der Waals surface area contributed by atoms with Gasteiger partial charge in [-0.25, -0.2) is 0 Å². The maximum Gasteiger partial charge on any atom is 0.231 e. The zero-order valence-electron chi connectivity index (χ0n) is 14.9. The molecule has 8 heteroatoms. The summed E-state index contributed by atoms with van der Waals surface area (Å²) in [4.78, 5) is 26.0. The molecule has 0 saturated heterocycles. The van der Waals surface area contributed by atoms with Gasteiger partial charge in [0.05, 0.1) is 5.75 Å². The van der Waals surface area contributed by atoms with Crippen LogP contribution in [0.5, 0.6) is 0 Å². The van der Waals surface area contributed by atoms with E-state index in [1.54, 1.807) is 4.90 Å². The predicted octanol–water partition coefficient (Wildman–Crippen LogP) is 2.84. The van der Waals surface area contributed by atoms with Gasteiger partial charge in [-0.05, 0) is 25.7 Å². The summed E-state index contributed by atoms with van der Waals surface area (Å²) < 4.78 is 0.680. The van der Waals surface area contributed by atoms with E-state index in [1.165, 1.54) is 23.1 Å². The first kappa shape index (κ1) is 19.7. The second-order valence-electron chi connectivity index (χ2n) is 5.97. The number of aromatic nitrogens is 2. The van der Waals surface area contributed by atoms with Gasteiger partial charge in [0.1, 0.15) is 5.54 Å². The molecule has 0 aromatic carbocycles. The van der Waals surface area contributed by atoms with Crippen molar-refractivity contribution in [2.75, 3.05) is 10.7 Å². The second-order valence-corrected chi connectivity index (χ2v) is 8.15. The van der Waals surface area contributed by atoms with Crippen LogP contribution in [0.3, 0.4) is 0 Å². The Kier molecular flexibility index (Phi) is 6.85. The van der Waals surface area contributed by atoms with Gasteiger partial charge in [-0.1, -0.05) is 49.8 Å². The number of carbonyl (C=O) groups is 2. The second kappa shape index (κ2) is 8.68. The Hall–Kier alpha value is -1.59. The Bertz CT molecular complexity index is 660. The molecule has 1 aliphatic rings. The molecule has 2 rings (SSSR count). The number of rotatable bonds is 9. The largest absolute Gasteiger partial charge is 0.339 e. The van der Waals surface area contributed by atoms with Crippen molar-refractivity contribution in [3.8, 4) is 12.3 Å². The van der Waals surface area contributed by atoms with Gasteiger partial charge < -0.3 is 5.32 Å². The van der Waals surface area contributed by atoms with Gasteiger partial charge in [0.25, 0.3) is 0 Å². The number of carbonyl (C=O) groups excluding carboxylic acids is 2. The SMILES string of the molecule is C#CC(CC)(CC)NC(=O)CSc1nnc(N(C(=O)CC)C2CC2)s1. The summed E-state index contributed by atoms with van der Waals surface area (Å²) in [5.74, 6) is 2.86. The molecule has 1 aromatic rings. The third-order valence-corrected chi connectivity index (χ3v) is 6.33. The van der Waals surface area contributed by atoms with Crippen molar-refractivity contribution in [1.29, 1.82) is 0 Å². The summed E-state index contributed by atoms with van der Waals surface area (Å²) in [6, 6.07) is 0.256. The Morgan fingerprint density at radius 3 is 2.56 bits per heavy atom. The van der Waals surface area contributed by atoms with E-state index in [9.17, 15) is 9.59 Å². The predicted molar refractivity (Wildman–Crippen MR) is 102 cm³/mol. The lowest BCUT2D eigenvalue weighted by Crippen LogP contribution is -2.47. The molecule has 136 valence electrons. The van der Waals surface area contributed by atoms with Gasteiger partial charge in [-0.15, -0.1) is 16.6 Å². The van der Waals surface area contributed by atoms with Crippen LogP contribution in [0.1, 0.15) is 52.9 Å². The quantitative estimate of drug-likeness (QED) is 0.405. The molecule has 1 heterocycles. The van der Waals surface area contributed by atoms with E-state index in [-0.39, 0.29) is 23.6 Å². The van der Waals surface area contributed by atoms with E-state index in [1.807, 2.05) is 20.8 Å². The summed E-state index contributed by atoms with van der Waals surface area (Å²) in [7, 11) is 0. The first-order valence-electron chi connectivity index (χ1n) is 8.55. The molecule has 0 atom stereocenters. The first-order valence-corrected chi connectivity index (χ1v) is 10.4. The molecule has 0 bridgehead atoms. The molecule has 1 aromatic heterocycles. The van der Waals surface area contributed by atoms with Crippen LogP contribution >= 0.6 is 23.1 Å². The van der Waals surface area contributed by atoms with Gasteiger partial charge in [0.15, 0.2) is 4.34 Å². The van der Waals surface area contributed by atoms with E-state index in [0.29, 0.717) is 28.7 Å². The molecule has 6 nitrogen and oxygen atoms in total. The highest BCUT2D eigenvalue weighted by Crippen LogP contribution is 2.36. The van der Waals surface area contributed by atoms with Crippen LogP contribution in [0.4, 0.5) is 5.13 Å². The first-order chi connectivity index (χ1) is 12.0. The monoisotopic (exact) mass is 380 g/mol. The summed E-state index contributed by atoms with van der Waals surface area (Å²) in [6.07, 6.45) is 9.42. The lowest BCUT2D eigenvalue weighted by Gasteiger charge is -2.26. The number of nitrogens with zero attached hydrogens (tertiary/aromatic N) is 3. The van der Waals surface area contributed by atoms with Crippen LogP contribution in [0.15, 0.2) is 4.34 Å². The molecule has 1 saturated carbocycles. The highest BCUT2D eigenvalue weighted by molar-refractivity contribution is 8.01.